The van der Waals surface area contributed by atoms with E-state index in [0.29, 0.717) is 34.3 Å². The summed E-state index contributed by atoms with van der Waals surface area (Å²) in [5, 5.41) is 8.78. The van der Waals surface area contributed by atoms with Crippen LogP contribution in [0.15, 0.2) is 9.34 Å². The van der Waals surface area contributed by atoms with Crippen molar-refractivity contribution in [1.82, 2.24) is 19.4 Å². The van der Waals surface area contributed by atoms with Crippen molar-refractivity contribution >= 4 is 84.0 Å². The number of hydrogen-bond acceptors (Lipinski definition) is 12. The molecule has 2 aliphatic rings. The second kappa shape index (κ2) is 24.3. The number of rotatable bonds is 7. The summed E-state index contributed by atoms with van der Waals surface area (Å²) in [6.45, 7) is 16.4. The largest absolute Gasteiger partial charge is 1.00 e. The summed E-state index contributed by atoms with van der Waals surface area (Å²) in [5.41, 5.74) is -0.920. The van der Waals surface area contributed by atoms with Crippen LogP contribution >= 0.6 is 47.8 Å². The van der Waals surface area contributed by atoms with E-state index in [-0.39, 0.29) is 171 Å². The third kappa shape index (κ3) is 17.4. The Morgan fingerprint density at radius 2 is 1.26 bits per heavy atom. The van der Waals surface area contributed by atoms with Crippen LogP contribution in [0.1, 0.15) is 67.3 Å². The van der Waals surface area contributed by atoms with E-state index >= 15 is 0 Å². The smallest absolute Gasteiger partial charge is 1.00 e. The van der Waals surface area contributed by atoms with Crippen molar-refractivity contribution < 1.29 is 157 Å². The molecular weight excluding hydrogens is 910 g/mol. The van der Waals surface area contributed by atoms with Gasteiger partial charge in [0.05, 0.1) is 19.0 Å². The molecule has 0 N–H and O–H groups in total. The van der Waals surface area contributed by atoms with Crippen molar-refractivity contribution in [1.29, 1.82) is 0 Å². The fourth-order valence-corrected chi connectivity index (χ4v) is 6.61. The number of alkyl halides is 1. The van der Waals surface area contributed by atoms with Crippen molar-refractivity contribution in [2.45, 2.75) is 73.1 Å². The zero-order chi connectivity index (χ0) is 37.1. The number of imidazole rings is 1. The van der Waals surface area contributed by atoms with E-state index in [1.165, 1.54) is 11.7 Å². The van der Waals surface area contributed by atoms with Gasteiger partial charge in [-0.3, -0.25) is 14.4 Å². The third-order valence-electron chi connectivity index (χ3n) is 7.10. The van der Waals surface area contributed by atoms with Crippen LogP contribution in [0.5, 0.6) is 0 Å². The van der Waals surface area contributed by atoms with E-state index in [1.54, 1.807) is 30.6 Å². The maximum atomic E-state index is 12.9. The van der Waals surface area contributed by atoms with E-state index in [4.69, 9.17) is 24.3 Å². The summed E-state index contributed by atoms with van der Waals surface area (Å²) < 4.78 is 17.5. The van der Waals surface area contributed by atoms with E-state index in [9.17, 15) is 24.0 Å². The van der Waals surface area contributed by atoms with Crippen LogP contribution < -0.4 is 108 Å². The Kier molecular flexibility index (Phi) is 25.6. The molecule has 2 aliphatic heterocycles. The Morgan fingerprint density at radius 3 is 1.60 bits per heavy atom. The molecule has 3 heterocycles. The zero-order valence-electron chi connectivity index (χ0n) is 31.5. The number of ketones is 2. The molecule has 15 nitrogen and oxygen atoms in total. The van der Waals surface area contributed by atoms with Crippen LogP contribution in [0.3, 0.4) is 0 Å². The Labute approximate surface area is 405 Å². The molecule has 1 aromatic heterocycles. The molecule has 0 radical (unpaired) electrons. The van der Waals surface area contributed by atoms with Gasteiger partial charge in [-0.05, 0) is 85.2 Å². The summed E-state index contributed by atoms with van der Waals surface area (Å²) in [4.78, 5) is 79.2. The van der Waals surface area contributed by atoms with Gasteiger partial charge in [-0.2, -0.15) is 0 Å². The van der Waals surface area contributed by atoms with Crippen molar-refractivity contribution in [2.24, 2.45) is 23.7 Å². The minimum Gasteiger partial charge on any atom is -1.00 e. The van der Waals surface area contributed by atoms with Crippen molar-refractivity contribution in [3.8, 4) is 0 Å². The second-order valence-corrected chi connectivity index (χ2v) is 15.3. The van der Waals surface area contributed by atoms with E-state index < -0.39 is 23.3 Å². The SMILES string of the molecule is COC(=O)c1c(Br)nc(Br)n1CC(=O)[C@@H]1CN(C(=O)OC(C)(C)C)C[C@H]1C.C[C@@H]1CN(C(=O)OC(C)(C)C)C[C@H]1C(=O)CBr.O=CO[O-].[H-].[K+].[K+]. The molecule has 0 aromatic carbocycles. The third-order valence-corrected chi connectivity index (χ3v) is 8.81. The van der Waals surface area contributed by atoms with Crippen LogP contribution in [-0.2, 0) is 40.0 Å². The van der Waals surface area contributed by atoms with Gasteiger partial charge in [-0.25, -0.2) is 19.4 Å². The number of esters is 1. The van der Waals surface area contributed by atoms with Gasteiger partial charge in [0.1, 0.15) is 21.6 Å². The van der Waals surface area contributed by atoms with Gasteiger partial charge < -0.3 is 40.1 Å². The number of carbonyl (C=O) groups excluding carboxylic acids is 6. The number of Topliss-reactive ketones (excluding diaryl/α,β-unsaturated/α-hetero) is 2. The first-order valence-electron chi connectivity index (χ1n) is 14.9. The number of ether oxygens (including phenoxy) is 3. The predicted molar refractivity (Wildman–Crippen MR) is 182 cm³/mol. The molecule has 20 heteroatoms. The number of aromatic nitrogens is 2. The monoisotopic (exact) mass is 952 g/mol. The number of likely N-dealkylation sites (tertiary alicyclic amines) is 2. The van der Waals surface area contributed by atoms with Gasteiger partial charge in [0.25, 0.3) is 6.47 Å². The standard InChI is InChI=1S/C17H23Br2N3O5.C12H20BrNO3.CH2O3.2K.H/c1-9-6-21(16(25)27-17(2,3)4)7-10(9)11(23)8-22-12(14(24)26-5)13(18)20-15(22)19;1-8-6-14(7-9(8)10(15)5-13)11(16)17-12(2,3)4;2-1-4-3;;;/h9-10H,6-8H2,1-5H3;8-9H,5-7H2,1-4H3;1,3H;;;/q;;;2*+1;-1/p-1/t9-,10-;8-,9-;;;;/m11..../s1. The minimum absolute atomic E-state index is 0. The maximum Gasteiger partial charge on any atom is 1.00 e. The molecule has 2 amide bonds. The number of methoxy groups -OCH3 is 1. The molecule has 0 aliphatic carbocycles. The molecular formula is C30H45Br3K2N4O11. The molecule has 1 aromatic rings. The van der Waals surface area contributed by atoms with Crippen molar-refractivity contribution in [2.75, 3.05) is 38.6 Å². The van der Waals surface area contributed by atoms with Gasteiger partial charge in [-0.1, -0.05) is 29.8 Å². The molecule has 0 saturated carbocycles. The number of hydrogen-bond donors (Lipinski definition) is 0. The van der Waals surface area contributed by atoms with Crippen LogP contribution in [0.2, 0.25) is 0 Å². The van der Waals surface area contributed by atoms with Crippen LogP contribution in [-0.4, -0.2) is 105 Å². The Balaban J connectivity index is -0.000000831. The Hall–Kier alpha value is 0.703. The fraction of sp³-hybridized carbons (Fsp3) is 0.700. The summed E-state index contributed by atoms with van der Waals surface area (Å²) in [6, 6.07) is 0. The Bertz CT molecular complexity index is 1330. The van der Waals surface area contributed by atoms with Crippen molar-refractivity contribution in [3.05, 3.63) is 15.0 Å². The summed E-state index contributed by atoms with van der Waals surface area (Å²) in [7, 11) is 1.26. The summed E-state index contributed by atoms with van der Waals surface area (Å²) in [6.07, 6.45) is -0.749. The summed E-state index contributed by atoms with van der Waals surface area (Å²) >= 11 is 9.64. The molecule has 0 bridgehead atoms. The topological polar surface area (TPSA) is 187 Å². The van der Waals surface area contributed by atoms with Gasteiger partial charge in [0, 0.05) is 38.0 Å². The molecule has 0 spiro atoms. The van der Waals surface area contributed by atoms with Gasteiger partial charge in [0.2, 0.25) is 0 Å². The molecule has 2 fully saturated rings. The first-order valence-corrected chi connectivity index (χ1v) is 17.6. The van der Waals surface area contributed by atoms with Gasteiger partial charge in [0.15, 0.2) is 16.2 Å². The average Bonchev–Trinajstić information content (AvgIpc) is 3.65. The van der Waals surface area contributed by atoms with Crippen LogP contribution in [0.25, 0.3) is 0 Å². The maximum absolute atomic E-state index is 12.9. The molecule has 4 atom stereocenters. The molecule has 2 saturated heterocycles. The summed E-state index contributed by atoms with van der Waals surface area (Å²) in [5.74, 6) is -0.765. The zero-order valence-corrected chi connectivity index (χ0v) is 41.5. The average molecular weight is 956 g/mol. The van der Waals surface area contributed by atoms with E-state index in [0.717, 1.165) is 0 Å². The quantitative estimate of drug-likeness (QED) is 0.0574. The predicted octanol–water partition coefficient (Wildman–Crippen LogP) is -1.72. The fourth-order valence-electron chi connectivity index (χ4n) is 4.93. The molecule has 50 heavy (non-hydrogen) atoms. The van der Waals surface area contributed by atoms with Gasteiger partial charge >= 0.3 is 121 Å². The molecule has 0 unspecified atom stereocenters. The molecule has 3 rings (SSSR count). The normalized spacial score (nSPS) is 19.6. The molecule has 274 valence electrons. The number of halogens is 3. The number of carbonyl (C=O) groups is 6. The Morgan fingerprint density at radius 1 is 0.860 bits per heavy atom. The minimum atomic E-state index is -0.595. The first-order chi connectivity index (χ1) is 22.1. The second-order valence-electron chi connectivity index (χ2n) is 13.3. The van der Waals surface area contributed by atoms with Crippen LogP contribution in [0.4, 0.5) is 9.59 Å². The van der Waals surface area contributed by atoms with Gasteiger partial charge in [-0.15, -0.1) is 0 Å². The first kappa shape index (κ1) is 52.8. The van der Waals surface area contributed by atoms with E-state index in [2.05, 4.69) is 57.7 Å². The number of amides is 2. The number of nitrogens with zero attached hydrogens (tertiary/aromatic N) is 4. The van der Waals surface area contributed by atoms with E-state index in [1.807, 2.05) is 34.6 Å². The van der Waals surface area contributed by atoms with Crippen molar-refractivity contribution in [3.63, 3.8) is 0 Å². The van der Waals surface area contributed by atoms with Crippen LogP contribution in [0, 0.1) is 23.7 Å².